The molecule has 0 aromatic heterocycles. The highest BCUT2D eigenvalue weighted by atomic mass is 32.2. The van der Waals surface area contributed by atoms with Gasteiger partial charge in [0.1, 0.15) is 0 Å². The minimum atomic E-state index is -3.35. The van der Waals surface area contributed by atoms with E-state index in [2.05, 4.69) is 29.5 Å². The van der Waals surface area contributed by atoms with Gasteiger partial charge in [0.15, 0.2) is 5.96 Å². The molecule has 1 aliphatic heterocycles. The minimum Gasteiger partial charge on any atom is -0.380 e. The molecule has 28 heavy (non-hydrogen) atoms. The van der Waals surface area contributed by atoms with E-state index >= 15 is 0 Å². The summed E-state index contributed by atoms with van der Waals surface area (Å²) in [5, 5.41) is 6.44. The molecular weight excluding hydrogens is 376 g/mol. The third kappa shape index (κ3) is 7.07. The van der Waals surface area contributed by atoms with E-state index in [1.54, 1.807) is 23.5 Å². The van der Waals surface area contributed by atoms with Gasteiger partial charge in [0, 0.05) is 39.8 Å². The van der Waals surface area contributed by atoms with Crippen molar-refractivity contribution in [3.05, 3.63) is 29.8 Å². The van der Waals surface area contributed by atoms with Gasteiger partial charge in [-0.05, 0) is 42.9 Å². The summed E-state index contributed by atoms with van der Waals surface area (Å²) >= 11 is 0. The summed E-state index contributed by atoms with van der Waals surface area (Å²) in [6.45, 7) is 8.27. The van der Waals surface area contributed by atoms with Crippen LogP contribution in [0.25, 0.3) is 0 Å². The van der Waals surface area contributed by atoms with E-state index in [-0.39, 0.29) is 0 Å². The molecule has 7 nitrogen and oxygen atoms in total. The van der Waals surface area contributed by atoms with Crippen LogP contribution in [0, 0.1) is 5.92 Å². The predicted octanol–water partition coefficient (Wildman–Crippen LogP) is 2.20. The standard InChI is InChI=1S/C20H34N4O3S/c1-17(2)10-14-27-15-11-22-20(21-3)23-16-18-6-8-19(9-7-18)28(25,26)24-12-4-5-13-24/h6-9,17H,4-5,10-16H2,1-3H3,(H2,21,22,23). The molecular formula is C20H34N4O3S. The molecule has 2 N–H and O–H groups in total. The zero-order valence-corrected chi connectivity index (χ0v) is 18.1. The van der Waals surface area contributed by atoms with Crippen molar-refractivity contribution in [2.75, 3.05) is 39.9 Å². The van der Waals surface area contributed by atoms with Crippen molar-refractivity contribution in [2.24, 2.45) is 10.9 Å². The van der Waals surface area contributed by atoms with Gasteiger partial charge in [-0.2, -0.15) is 4.31 Å². The molecule has 1 aromatic rings. The van der Waals surface area contributed by atoms with Crippen molar-refractivity contribution >= 4 is 16.0 Å². The summed E-state index contributed by atoms with van der Waals surface area (Å²) in [4.78, 5) is 4.55. The molecule has 1 fully saturated rings. The fraction of sp³-hybridized carbons (Fsp3) is 0.650. The Labute approximate surface area is 169 Å². The van der Waals surface area contributed by atoms with Crippen LogP contribution in [0.3, 0.4) is 0 Å². The highest BCUT2D eigenvalue weighted by Gasteiger charge is 2.26. The molecule has 0 spiro atoms. The van der Waals surface area contributed by atoms with E-state index in [0.717, 1.165) is 31.4 Å². The first-order valence-electron chi connectivity index (χ1n) is 10.0. The molecule has 0 unspecified atom stereocenters. The Bertz CT molecular complexity index is 711. The van der Waals surface area contributed by atoms with Gasteiger partial charge in [-0.3, -0.25) is 4.99 Å². The molecule has 0 saturated carbocycles. The number of aliphatic imine (C=N–C) groups is 1. The van der Waals surface area contributed by atoms with Gasteiger partial charge < -0.3 is 15.4 Å². The first-order valence-corrected chi connectivity index (χ1v) is 11.5. The van der Waals surface area contributed by atoms with Crippen LogP contribution in [0.15, 0.2) is 34.2 Å². The highest BCUT2D eigenvalue weighted by Crippen LogP contribution is 2.21. The van der Waals surface area contributed by atoms with Gasteiger partial charge in [-0.1, -0.05) is 26.0 Å². The smallest absolute Gasteiger partial charge is 0.243 e. The number of ether oxygens (including phenoxy) is 1. The molecule has 0 amide bonds. The number of hydrogen-bond donors (Lipinski definition) is 2. The summed E-state index contributed by atoms with van der Waals surface area (Å²) in [5.74, 6) is 1.35. The van der Waals surface area contributed by atoms with Gasteiger partial charge in [0.25, 0.3) is 0 Å². The average molecular weight is 411 g/mol. The van der Waals surface area contributed by atoms with E-state index in [4.69, 9.17) is 4.74 Å². The van der Waals surface area contributed by atoms with Gasteiger partial charge in [-0.25, -0.2) is 8.42 Å². The van der Waals surface area contributed by atoms with Crippen LogP contribution in [0.1, 0.15) is 38.7 Å². The van der Waals surface area contributed by atoms with Crippen LogP contribution in [0.4, 0.5) is 0 Å². The van der Waals surface area contributed by atoms with Crippen molar-refractivity contribution < 1.29 is 13.2 Å². The lowest BCUT2D eigenvalue weighted by Crippen LogP contribution is -2.38. The molecule has 0 radical (unpaired) electrons. The number of nitrogens with one attached hydrogen (secondary N) is 2. The van der Waals surface area contributed by atoms with Gasteiger partial charge in [0.2, 0.25) is 10.0 Å². The van der Waals surface area contributed by atoms with Gasteiger partial charge in [0.05, 0.1) is 11.5 Å². The Balaban J connectivity index is 1.75. The maximum atomic E-state index is 12.6. The third-order valence-electron chi connectivity index (χ3n) is 4.69. The minimum absolute atomic E-state index is 0.360. The second-order valence-electron chi connectivity index (χ2n) is 7.40. The SMILES string of the molecule is CN=C(NCCOCCC(C)C)NCc1ccc(S(=O)(=O)N2CCCC2)cc1. The summed E-state index contributed by atoms with van der Waals surface area (Å²) in [6, 6.07) is 7.06. The summed E-state index contributed by atoms with van der Waals surface area (Å²) < 4.78 is 32.3. The maximum Gasteiger partial charge on any atom is 0.243 e. The molecule has 0 aliphatic carbocycles. The largest absolute Gasteiger partial charge is 0.380 e. The van der Waals surface area contributed by atoms with Crippen molar-refractivity contribution in [3.63, 3.8) is 0 Å². The molecule has 1 saturated heterocycles. The van der Waals surface area contributed by atoms with E-state index in [1.165, 1.54) is 0 Å². The van der Waals surface area contributed by atoms with Crippen molar-refractivity contribution in [1.29, 1.82) is 0 Å². The number of rotatable bonds is 10. The molecule has 2 rings (SSSR count). The molecule has 0 atom stereocenters. The zero-order valence-electron chi connectivity index (χ0n) is 17.3. The monoisotopic (exact) mass is 410 g/mol. The lowest BCUT2D eigenvalue weighted by molar-refractivity contribution is 0.128. The first-order chi connectivity index (χ1) is 13.4. The van der Waals surface area contributed by atoms with Gasteiger partial charge >= 0.3 is 0 Å². The molecule has 0 bridgehead atoms. The number of sulfonamides is 1. The quantitative estimate of drug-likeness (QED) is 0.351. The number of hydrogen-bond acceptors (Lipinski definition) is 4. The summed E-state index contributed by atoms with van der Waals surface area (Å²) in [7, 11) is -1.63. The second kappa shape index (κ2) is 11.4. The summed E-state index contributed by atoms with van der Waals surface area (Å²) in [6.07, 6.45) is 2.95. The summed E-state index contributed by atoms with van der Waals surface area (Å²) in [5.41, 5.74) is 0.997. The van der Waals surface area contributed by atoms with Crippen LogP contribution >= 0.6 is 0 Å². The lowest BCUT2D eigenvalue weighted by Gasteiger charge is -2.16. The number of nitrogens with zero attached hydrogens (tertiary/aromatic N) is 2. The topological polar surface area (TPSA) is 83.0 Å². The fourth-order valence-electron chi connectivity index (χ4n) is 2.93. The maximum absolute atomic E-state index is 12.6. The van der Waals surface area contributed by atoms with Crippen LogP contribution in [-0.2, 0) is 21.3 Å². The Hall–Kier alpha value is -1.64. The van der Waals surface area contributed by atoms with Crippen molar-refractivity contribution in [2.45, 2.75) is 44.6 Å². The Morgan fingerprint density at radius 2 is 1.82 bits per heavy atom. The molecule has 1 aliphatic rings. The van der Waals surface area contributed by atoms with Crippen molar-refractivity contribution in [3.8, 4) is 0 Å². The van der Waals surface area contributed by atoms with Crippen molar-refractivity contribution in [1.82, 2.24) is 14.9 Å². The van der Waals surface area contributed by atoms with Crippen LogP contribution < -0.4 is 10.6 Å². The zero-order chi connectivity index (χ0) is 20.4. The normalized spacial score (nSPS) is 15.9. The van der Waals surface area contributed by atoms with Crippen LogP contribution in [-0.4, -0.2) is 58.6 Å². The molecule has 158 valence electrons. The van der Waals surface area contributed by atoms with E-state index in [1.807, 2.05) is 12.1 Å². The van der Waals surface area contributed by atoms with E-state index in [9.17, 15) is 8.42 Å². The van der Waals surface area contributed by atoms with Crippen LogP contribution in [0.5, 0.6) is 0 Å². The first kappa shape index (κ1) is 22.6. The van der Waals surface area contributed by atoms with E-state index in [0.29, 0.717) is 49.6 Å². The number of guanidine groups is 1. The average Bonchev–Trinajstić information content (AvgIpc) is 3.22. The lowest BCUT2D eigenvalue weighted by atomic mass is 10.1. The number of benzene rings is 1. The van der Waals surface area contributed by atoms with Gasteiger partial charge in [-0.15, -0.1) is 0 Å². The highest BCUT2D eigenvalue weighted by molar-refractivity contribution is 7.89. The molecule has 1 aromatic carbocycles. The Morgan fingerprint density at radius 3 is 2.43 bits per heavy atom. The molecule has 8 heteroatoms. The Morgan fingerprint density at radius 1 is 1.14 bits per heavy atom. The Kier molecular flexibility index (Phi) is 9.21. The third-order valence-corrected chi connectivity index (χ3v) is 6.60. The van der Waals surface area contributed by atoms with E-state index < -0.39 is 10.0 Å². The molecule has 1 heterocycles. The van der Waals surface area contributed by atoms with Crippen LogP contribution in [0.2, 0.25) is 0 Å². The predicted molar refractivity (Wildman–Crippen MR) is 113 cm³/mol. The fourth-order valence-corrected chi connectivity index (χ4v) is 4.44. The second-order valence-corrected chi connectivity index (χ2v) is 9.34.